The zero-order chi connectivity index (χ0) is 10.8. The van der Waals surface area contributed by atoms with Crippen molar-refractivity contribution < 1.29 is 6.34 Å². The van der Waals surface area contributed by atoms with E-state index in [2.05, 4.69) is 5.10 Å². The minimum atomic E-state index is -0.441. The van der Waals surface area contributed by atoms with Crippen LogP contribution in [0.1, 0.15) is 18.9 Å². The van der Waals surface area contributed by atoms with E-state index in [0.717, 1.165) is 12.8 Å². The predicted molar refractivity (Wildman–Crippen MR) is 50.0 cm³/mol. The highest BCUT2D eigenvalue weighted by molar-refractivity contribution is 5.21. The number of hydrogen-bond acceptors (Lipinski definition) is 4. The first-order chi connectivity index (χ1) is 7.16. The van der Waals surface area contributed by atoms with Crippen LogP contribution in [0.2, 0.25) is 1.41 Å². The van der Waals surface area contributed by atoms with E-state index in [1.807, 2.05) is 0 Å². The van der Waals surface area contributed by atoms with Crippen LogP contribution in [0.4, 0.5) is 5.69 Å². The largest absolute Gasteiger partial charge is 0.317 e. The first-order valence-corrected chi connectivity index (χ1v) is 4.59. The van der Waals surface area contributed by atoms with Gasteiger partial charge >= 0.3 is 5.69 Å². The maximum Gasteiger partial charge on any atom is 0.307 e. The van der Waals surface area contributed by atoms with Gasteiger partial charge in [0.15, 0.2) is 0 Å². The van der Waals surface area contributed by atoms with Crippen molar-refractivity contribution in [2.75, 3.05) is 13.1 Å². The Bertz CT molecular complexity index is 359. The third-order valence-corrected chi connectivity index (χ3v) is 2.41. The van der Waals surface area contributed by atoms with E-state index >= 15 is 0 Å². The van der Waals surface area contributed by atoms with Gasteiger partial charge in [-0.05, 0) is 25.9 Å². The molecule has 76 valence electrons. The minimum absolute atomic E-state index is 0.0308. The maximum absolute atomic E-state index is 10.5. The molecule has 1 N–H and O–H groups in total. The summed E-state index contributed by atoms with van der Waals surface area (Å²) in [6.45, 7) is 1.39. The fourth-order valence-corrected chi connectivity index (χ4v) is 1.62. The van der Waals surface area contributed by atoms with Crippen molar-refractivity contribution in [3.8, 4) is 0 Å². The molecule has 1 aliphatic heterocycles. The molecule has 0 bridgehead atoms. The second kappa shape index (κ2) is 3.75. The van der Waals surface area contributed by atoms with Gasteiger partial charge in [-0.1, -0.05) is 0 Å². The average molecular weight is 197 g/mol. The van der Waals surface area contributed by atoms with Gasteiger partial charge in [-0.25, -0.2) is 0 Å². The Labute approximate surface area is 82.5 Å². The molecule has 1 aromatic rings. The van der Waals surface area contributed by atoms with Crippen molar-refractivity contribution in [3.05, 3.63) is 22.5 Å². The lowest BCUT2D eigenvalue weighted by Crippen LogP contribution is -2.29. The van der Waals surface area contributed by atoms with Gasteiger partial charge in [0.2, 0.25) is 0 Å². The number of nitrogens with one attached hydrogen (secondary N) is 1. The summed E-state index contributed by atoms with van der Waals surface area (Å²) in [5.74, 6) is 0. The summed E-state index contributed by atoms with van der Waals surface area (Å²) < 4.78 is 9.04. The van der Waals surface area contributed by atoms with Crippen LogP contribution in [0.25, 0.3) is 0 Å². The quantitative estimate of drug-likeness (QED) is 0.560. The number of rotatable bonds is 2. The van der Waals surface area contributed by atoms with Crippen LogP contribution in [0.15, 0.2) is 12.4 Å². The van der Waals surface area contributed by atoms with Crippen LogP contribution in [-0.4, -0.2) is 27.8 Å². The second-order valence-electron chi connectivity index (χ2n) is 3.34. The van der Waals surface area contributed by atoms with Crippen LogP contribution in [0, 0.1) is 10.1 Å². The van der Waals surface area contributed by atoms with Crippen LogP contribution in [-0.2, 0) is 0 Å². The molecule has 1 saturated heterocycles. The standard InChI is InChI=1S/C8H12N4O2/c13-12(14)8-5-10-11(6-8)7-1-3-9-4-2-7/h5-7,9H,1-4H2/i/hD. The number of piperidine rings is 1. The fraction of sp³-hybridized carbons (Fsp3) is 0.625. The molecule has 1 aromatic heterocycles. The molecule has 2 rings (SSSR count). The van der Waals surface area contributed by atoms with Gasteiger partial charge in [0.05, 0.1) is 11.0 Å². The van der Waals surface area contributed by atoms with Crippen LogP contribution < -0.4 is 5.31 Å². The van der Waals surface area contributed by atoms with Gasteiger partial charge in [0.1, 0.15) is 13.8 Å². The predicted octanol–water partition coefficient (Wildman–Crippen LogP) is 0.716. The smallest absolute Gasteiger partial charge is 0.307 e. The summed E-state index contributed by atoms with van der Waals surface area (Å²) in [4.78, 5) is 10.0. The molecule has 0 radical (unpaired) electrons. The maximum atomic E-state index is 10.5. The molecule has 0 aliphatic carbocycles. The van der Waals surface area contributed by atoms with Gasteiger partial charge in [0, 0.05) is 0 Å². The van der Waals surface area contributed by atoms with Gasteiger partial charge in [-0.2, -0.15) is 5.10 Å². The Hall–Kier alpha value is -1.43. The first-order valence-electron chi connectivity index (χ1n) is 5.04. The van der Waals surface area contributed by atoms with Crippen molar-refractivity contribution in [1.29, 1.82) is 0 Å². The minimum Gasteiger partial charge on any atom is -0.317 e. The number of nitro groups is 1. The van der Waals surface area contributed by atoms with E-state index in [0.29, 0.717) is 13.1 Å². The molecule has 2 heterocycles. The van der Waals surface area contributed by atoms with Crippen LogP contribution >= 0.6 is 0 Å². The third-order valence-electron chi connectivity index (χ3n) is 2.41. The summed E-state index contributed by atoms with van der Waals surface area (Å²) >= 11 is 0. The Morgan fingerprint density at radius 3 is 3.00 bits per heavy atom. The van der Waals surface area contributed by atoms with Crippen LogP contribution in [0.5, 0.6) is 0 Å². The Kier molecular flexibility index (Phi) is 2.12. The highest BCUT2D eigenvalue weighted by Crippen LogP contribution is 2.19. The average Bonchev–Trinajstić information content (AvgIpc) is 2.68. The molecule has 0 spiro atoms. The topological polar surface area (TPSA) is 73.0 Å². The highest BCUT2D eigenvalue weighted by Gasteiger charge is 2.18. The summed E-state index contributed by atoms with van der Waals surface area (Å²) in [6.07, 6.45) is 4.38. The summed E-state index contributed by atoms with van der Waals surface area (Å²) in [5.41, 5.74) is 0.0308. The highest BCUT2D eigenvalue weighted by atomic mass is 16.6. The molecule has 0 unspecified atom stereocenters. The van der Waals surface area contributed by atoms with E-state index in [1.54, 1.807) is 4.68 Å². The van der Waals surface area contributed by atoms with Gasteiger partial charge in [0.25, 0.3) is 0 Å². The molecule has 1 aliphatic rings. The second-order valence-corrected chi connectivity index (χ2v) is 3.34. The SMILES string of the molecule is [2H]N1CCC(n2cc([N+](=O)[O-])cn2)CC1. The Morgan fingerprint density at radius 1 is 1.71 bits per heavy atom. The number of hydrogen-bond donors (Lipinski definition) is 1. The van der Waals surface area contributed by atoms with Crippen LogP contribution in [0.3, 0.4) is 0 Å². The molecule has 1 fully saturated rings. The lowest BCUT2D eigenvalue weighted by molar-refractivity contribution is -0.385. The molecule has 6 nitrogen and oxygen atoms in total. The molecule has 6 heteroatoms. The fourth-order valence-electron chi connectivity index (χ4n) is 1.62. The molecular formula is C8H12N4O2. The van der Waals surface area contributed by atoms with Crippen molar-refractivity contribution in [3.63, 3.8) is 0 Å². The van der Waals surface area contributed by atoms with Crippen molar-refractivity contribution in [1.82, 2.24) is 15.1 Å². The summed E-state index contributed by atoms with van der Waals surface area (Å²) in [7, 11) is 0. The Balaban J connectivity index is 2.06. The number of nitrogens with zero attached hydrogens (tertiary/aromatic N) is 3. The van der Waals surface area contributed by atoms with E-state index in [-0.39, 0.29) is 11.7 Å². The summed E-state index contributed by atoms with van der Waals surface area (Å²) in [6, 6.07) is 0.195. The van der Waals surface area contributed by atoms with Gasteiger partial charge in [-0.15, -0.1) is 0 Å². The zero-order valence-electron chi connectivity index (χ0n) is 8.67. The molecule has 0 amide bonds. The number of aromatic nitrogens is 2. The monoisotopic (exact) mass is 197 g/mol. The normalized spacial score (nSPS) is 20.7. The lowest BCUT2D eigenvalue weighted by Gasteiger charge is -2.22. The van der Waals surface area contributed by atoms with Crippen molar-refractivity contribution in [2.45, 2.75) is 18.9 Å². The Morgan fingerprint density at radius 2 is 2.43 bits per heavy atom. The van der Waals surface area contributed by atoms with E-state index in [9.17, 15) is 10.1 Å². The van der Waals surface area contributed by atoms with Crippen molar-refractivity contribution >= 4 is 5.69 Å². The first kappa shape index (κ1) is 7.93. The van der Waals surface area contributed by atoms with Gasteiger partial charge in [-0.3, -0.25) is 14.8 Å². The molecule has 0 atom stereocenters. The molecule has 14 heavy (non-hydrogen) atoms. The zero-order valence-corrected chi connectivity index (χ0v) is 7.67. The van der Waals surface area contributed by atoms with Crippen molar-refractivity contribution in [2.24, 2.45) is 0 Å². The molecular weight excluding hydrogens is 184 g/mol. The van der Waals surface area contributed by atoms with E-state index < -0.39 is 4.92 Å². The molecule has 0 aromatic carbocycles. The lowest BCUT2D eigenvalue weighted by atomic mass is 10.1. The molecule has 0 saturated carbocycles. The van der Waals surface area contributed by atoms with E-state index in [4.69, 9.17) is 1.41 Å². The third kappa shape index (κ3) is 1.74. The summed E-state index contributed by atoms with van der Waals surface area (Å²) in [5, 5.41) is 16.0. The van der Waals surface area contributed by atoms with E-state index in [1.165, 1.54) is 17.7 Å². The van der Waals surface area contributed by atoms with Gasteiger partial charge < -0.3 is 5.31 Å².